The lowest BCUT2D eigenvalue weighted by Gasteiger charge is -2.33. The quantitative estimate of drug-likeness (QED) is 0.850. The molecule has 124 valence electrons. The summed E-state index contributed by atoms with van der Waals surface area (Å²) in [7, 11) is 0. The highest BCUT2D eigenvalue weighted by molar-refractivity contribution is 5.95. The number of carbonyl (C=O) groups is 1. The van der Waals surface area contributed by atoms with Gasteiger partial charge in [-0.3, -0.25) is 4.79 Å². The van der Waals surface area contributed by atoms with Crippen molar-refractivity contribution in [3.8, 4) is 11.5 Å². The molecular formula is C18H16FNO4. The monoisotopic (exact) mass is 329 g/mol. The average Bonchev–Trinajstić information content (AvgIpc) is 3.09. The van der Waals surface area contributed by atoms with Crippen molar-refractivity contribution in [2.24, 2.45) is 0 Å². The Balaban J connectivity index is 1.51. The van der Waals surface area contributed by atoms with Crippen molar-refractivity contribution < 1.29 is 23.4 Å². The van der Waals surface area contributed by atoms with E-state index in [1.54, 1.807) is 35.2 Å². The fourth-order valence-corrected chi connectivity index (χ4v) is 2.92. The van der Waals surface area contributed by atoms with Gasteiger partial charge in [-0.15, -0.1) is 0 Å². The molecule has 0 radical (unpaired) electrons. The lowest BCUT2D eigenvalue weighted by molar-refractivity contribution is -0.0228. The van der Waals surface area contributed by atoms with Crippen LogP contribution in [0.15, 0.2) is 42.5 Å². The summed E-state index contributed by atoms with van der Waals surface area (Å²) < 4.78 is 29.4. The molecule has 0 saturated carbocycles. The highest BCUT2D eigenvalue weighted by Gasteiger charge is 2.27. The molecule has 0 bridgehead atoms. The van der Waals surface area contributed by atoms with Crippen molar-refractivity contribution in [3.05, 3.63) is 59.4 Å². The SMILES string of the molecule is O=C(c1ccc2c(c1)OCO2)N1CCOC(c2ccc(F)cc2)C1. The van der Waals surface area contributed by atoms with Crippen molar-refractivity contribution >= 4 is 5.91 Å². The minimum absolute atomic E-state index is 0.0799. The van der Waals surface area contributed by atoms with Gasteiger partial charge in [-0.1, -0.05) is 12.1 Å². The molecule has 0 spiro atoms. The number of amides is 1. The maximum atomic E-state index is 13.1. The Morgan fingerprint density at radius 1 is 1.08 bits per heavy atom. The Morgan fingerprint density at radius 3 is 2.71 bits per heavy atom. The second-order valence-electron chi connectivity index (χ2n) is 5.73. The van der Waals surface area contributed by atoms with Crippen LogP contribution >= 0.6 is 0 Å². The van der Waals surface area contributed by atoms with E-state index in [0.717, 1.165) is 5.56 Å². The van der Waals surface area contributed by atoms with Gasteiger partial charge in [-0.25, -0.2) is 4.39 Å². The van der Waals surface area contributed by atoms with Crippen molar-refractivity contribution in [1.29, 1.82) is 0 Å². The van der Waals surface area contributed by atoms with Gasteiger partial charge in [-0.05, 0) is 35.9 Å². The van der Waals surface area contributed by atoms with Crippen LogP contribution in [0.25, 0.3) is 0 Å². The smallest absolute Gasteiger partial charge is 0.254 e. The molecule has 6 heteroatoms. The Bertz CT molecular complexity index is 762. The highest BCUT2D eigenvalue weighted by atomic mass is 19.1. The van der Waals surface area contributed by atoms with Crippen LogP contribution in [0.2, 0.25) is 0 Å². The van der Waals surface area contributed by atoms with Gasteiger partial charge < -0.3 is 19.1 Å². The highest BCUT2D eigenvalue weighted by Crippen LogP contribution is 2.33. The number of hydrogen-bond donors (Lipinski definition) is 0. The van der Waals surface area contributed by atoms with Crippen LogP contribution in [-0.4, -0.2) is 37.3 Å². The van der Waals surface area contributed by atoms with E-state index in [1.165, 1.54) is 12.1 Å². The second-order valence-corrected chi connectivity index (χ2v) is 5.73. The van der Waals surface area contributed by atoms with Gasteiger partial charge in [0.25, 0.3) is 5.91 Å². The van der Waals surface area contributed by atoms with Gasteiger partial charge in [0.15, 0.2) is 11.5 Å². The summed E-state index contributed by atoms with van der Waals surface area (Å²) in [5, 5.41) is 0. The largest absolute Gasteiger partial charge is 0.454 e. The van der Waals surface area contributed by atoms with E-state index in [4.69, 9.17) is 14.2 Å². The molecule has 1 amide bonds. The van der Waals surface area contributed by atoms with Crippen molar-refractivity contribution in [3.63, 3.8) is 0 Å². The number of hydrogen-bond acceptors (Lipinski definition) is 4. The molecule has 2 aliphatic heterocycles. The van der Waals surface area contributed by atoms with E-state index in [2.05, 4.69) is 0 Å². The van der Waals surface area contributed by atoms with Crippen LogP contribution in [-0.2, 0) is 4.74 Å². The Morgan fingerprint density at radius 2 is 1.88 bits per heavy atom. The molecule has 4 rings (SSSR count). The zero-order chi connectivity index (χ0) is 16.5. The summed E-state index contributed by atoms with van der Waals surface area (Å²) in [6.07, 6.45) is -0.252. The molecule has 2 heterocycles. The van der Waals surface area contributed by atoms with Crippen LogP contribution in [0.3, 0.4) is 0 Å². The molecule has 2 aromatic rings. The summed E-state index contributed by atoms with van der Waals surface area (Å²) in [4.78, 5) is 14.5. The third kappa shape index (κ3) is 2.80. The molecule has 24 heavy (non-hydrogen) atoms. The molecule has 0 aliphatic carbocycles. The molecule has 1 atom stereocenters. The predicted molar refractivity (Wildman–Crippen MR) is 83.6 cm³/mol. The second kappa shape index (κ2) is 6.13. The van der Waals surface area contributed by atoms with Crippen LogP contribution in [0.5, 0.6) is 11.5 Å². The predicted octanol–water partition coefficient (Wildman–Crippen LogP) is 2.77. The van der Waals surface area contributed by atoms with E-state index in [1.807, 2.05) is 0 Å². The van der Waals surface area contributed by atoms with Gasteiger partial charge >= 0.3 is 0 Å². The first-order chi connectivity index (χ1) is 11.7. The lowest BCUT2D eigenvalue weighted by atomic mass is 10.1. The van der Waals surface area contributed by atoms with Gasteiger partial charge in [0.2, 0.25) is 6.79 Å². The first-order valence-electron chi connectivity index (χ1n) is 7.77. The topological polar surface area (TPSA) is 48.0 Å². The maximum absolute atomic E-state index is 13.1. The third-order valence-corrected chi connectivity index (χ3v) is 4.21. The van der Waals surface area contributed by atoms with E-state index in [-0.39, 0.29) is 24.6 Å². The average molecular weight is 329 g/mol. The number of rotatable bonds is 2. The number of carbonyl (C=O) groups excluding carboxylic acids is 1. The molecule has 2 aromatic carbocycles. The number of halogens is 1. The normalized spacial score (nSPS) is 19.4. The number of fused-ring (bicyclic) bond motifs is 1. The number of ether oxygens (including phenoxy) is 3. The van der Waals surface area contributed by atoms with Crippen LogP contribution in [0.4, 0.5) is 4.39 Å². The standard InChI is InChI=1S/C18H16FNO4/c19-14-4-1-12(2-5-14)17-10-20(7-8-22-17)18(21)13-3-6-15-16(9-13)24-11-23-15/h1-6,9,17H,7-8,10-11H2. The summed E-state index contributed by atoms with van der Waals surface area (Å²) >= 11 is 0. The van der Waals surface area contributed by atoms with Crippen molar-refractivity contribution in [1.82, 2.24) is 4.90 Å². The first kappa shape index (κ1) is 15.0. The van der Waals surface area contributed by atoms with E-state index >= 15 is 0 Å². The zero-order valence-electron chi connectivity index (χ0n) is 12.9. The molecule has 1 saturated heterocycles. The Labute approximate surface area is 138 Å². The minimum atomic E-state index is -0.289. The zero-order valence-corrected chi connectivity index (χ0v) is 12.9. The van der Waals surface area contributed by atoms with Gasteiger partial charge in [-0.2, -0.15) is 0 Å². The molecule has 1 fully saturated rings. The number of nitrogens with zero attached hydrogens (tertiary/aromatic N) is 1. The fraction of sp³-hybridized carbons (Fsp3) is 0.278. The van der Waals surface area contributed by atoms with Crippen LogP contribution in [0.1, 0.15) is 22.0 Å². The molecule has 5 nitrogen and oxygen atoms in total. The van der Waals surface area contributed by atoms with Gasteiger partial charge in [0.05, 0.1) is 13.2 Å². The summed E-state index contributed by atoms with van der Waals surface area (Å²) in [6, 6.07) is 11.4. The molecule has 2 aliphatic rings. The fourth-order valence-electron chi connectivity index (χ4n) is 2.92. The molecule has 1 unspecified atom stereocenters. The minimum Gasteiger partial charge on any atom is -0.454 e. The molecule has 0 N–H and O–H groups in total. The summed E-state index contributed by atoms with van der Waals surface area (Å²) in [5.74, 6) is 0.869. The van der Waals surface area contributed by atoms with Gasteiger partial charge in [0.1, 0.15) is 11.9 Å². The van der Waals surface area contributed by atoms with Crippen molar-refractivity contribution in [2.45, 2.75) is 6.10 Å². The van der Waals surface area contributed by atoms with Gasteiger partial charge in [0, 0.05) is 12.1 Å². The van der Waals surface area contributed by atoms with Crippen LogP contribution in [0, 0.1) is 5.82 Å². The lowest BCUT2D eigenvalue weighted by Crippen LogP contribution is -2.42. The molecule has 0 aromatic heterocycles. The summed E-state index contributed by atoms with van der Waals surface area (Å²) in [5.41, 5.74) is 1.42. The number of benzene rings is 2. The Hall–Kier alpha value is -2.60. The van der Waals surface area contributed by atoms with Crippen molar-refractivity contribution in [2.75, 3.05) is 26.5 Å². The van der Waals surface area contributed by atoms with E-state index in [9.17, 15) is 9.18 Å². The molecular weight excluding hydrogens is 313 g/mol. The van der Waals surface area contributed by atoms with E-state index in [0.29, 0.717) is 36.8 Å². The van der Waals surface area contributed by atoms with E-state index < -0.39 is 0 Å². The third-order valence-electron chi connectivity index (χ3n) is 4.21. The van der Waals surface area contributed by atoms with Crippen LogP contribution < -0.4 is 9.47 Å². The number of morpholine rings is 1. The summed E-state index contributed by atoms with van der Waals surface area (Å²) in [6.45, 7) is 1.57. The maximum Gasteiger partial charge on any atom is 0.254 e. The Kier molecular flexibility index (Phi) is 3.82. The first-order valence-corrected chi connectivity index (χ1v) is 7.77.